The Morgan fingerprint density at radius 3 is 2.11 bits per heavy atom. The number of carbonyl (C=O) groups is 4. The second-order valence-corrected chi connectivity index (χ2v) is 14.9. The van der Waals surface area contributed by atoms with E-state index in [4.69, 9.17) is 0 Å². The van der Waals surface area contributed by atoms with Crippen molar-refractivity contribution in [2.45, 2.75) is 90.0 Å². The molecule has 46 heavy (non-hydrogen) atoms. The third-order valence-electron chi connectivity index (χ3n) is 11.6. The average Bonchev–Trinajstić information content (AvgIpc) is 3.98. The lowest BCUT2D eigenvalue weighted by Crippen LogP contribution is -2.53. The molecule has 2 atom stereocenters. The lowest BCUT2D eigenvalue weighted by Gasteiger charge is -2.44. The van der Waals surface area contributed by atoms with Crippen LogP contribution in [0.2, 0.25) is 0 Å². The van der Waals surface area contributed by atoms with Gasteiger partial charge in [-0.2, -0.15) is 5.10 Å². The molecule has 248 valence electrons. The minimum atomic E-state index is -0.784. The molecule has 3 aliphatic carbocycles. The van der Waals surface area contributed by atoms with Crippen LogP contribution in [0.15, 0.2) is 36.5 Å². The van der Waals surface area contributed by atoms with Gasteiger partial charge in [0.1, 0.15) is 11.7 Å². The van der Waals surface area contributed by atoms with Crippen molar-refractivity contribution in [1.29, 1.82) is 0 Å². The molecule has 1 unspecified atom stereocenters. The number of anilines is 1. The molecule has 1 aliphatic heterocycles. The van der Waals surface area contributed by atoms with Crippen molar-refractivity contribution in [3.8, 4) is 0 Å². The first-order valence-corrected chi connectivity index (χ1v) is 17.2. The Morgan fingerprint density at radius 1 is 0.978 bits per heavy atom. The Bertz CT molecular complexity index is 1440. The van der Waals surface area contributed by atoms with Gasteiger partial charge < -0.3 is 20.9 Å². The number of benzene rings is 1. The zero-order valence-corrected chi connectivity index (χ0v) is 27.8. The number of hydrogen-bond acceptors (Lipinski definition) is 5. The van der Waals surface area contributed by atoms with Crippen LogP contribution in [0.4, 0.5) is 5.69 Å². The second kappa shape index (κ2) is 12.8. The Balaban J connectivity index is 1.20. The minimum absolute atomic E-state index is 0.0216. The van der Waals surface area contributed by atoms with Crippen LogP contribution in [0, 0.1) is 29.1 Å². The van der Waals surface area contributed by atoms with E-state index < -0.39 is 11.5 Å². The molecule has 2 aromatic rings. The largest absolute Gasteiger partial charge is 0.355 e. The summed E-state index contributed by atoms with van der Waals surface area (Å²) >= 11 is 0. The number of carbonyl (C=O) groups excluding carboxylic acids is 4. The summed E-state index contributed by atoms with van der Waals surface area (Å²) in [5.41, 5.74) is 1.33. The van der Waals surface area contributed by atoms with Gasteiger partial charge >= 0.3 is 0 Å². The van der Waals surface area contributed by atoms with Crippen LogP contribution in [0.3, 0.4) is 0 Å². The summed E-state index contributed by atoms with van der Waals surface area (Å²) in [7, 11) is 1.72. The normalized spacial score (nSPS) is 21.5. The number of nitrogens with zero attached hydrogens (tertiary/aromatic N) is 3. The highest BCUT2D eigenvalue weighted by atomic mass is 16.2. The third-order valence-corrected chi connectivity index (χ3v) is 11.6. The van der Waals surface area contributed by atoms with Crippen molar-refractivity contribution in [2.75, 3.05) is 25.0 Å². The average molecular weight is 631 g/mol. The molecule has 1 aromatic heterocycles. The van der Waals surface area contributed by atoms with Gasteiger partial charge in [-0.1, -0.05) is 25.5 Å². The quantitative estimate of drug-likeness (QED) is 0.320. The number of piperidine rings is 1. The fourth-order valence-electron chi connectivity index (χ4n) is 7.92. The van der Waals surface area contributed by atoms with Gasteiger partial charge in [-0.25, -0.2) is 0 Å². The van der Waals surface area contributed by atoms with Gasteiger partial charge in [0.15, 0.2) is 0 Å². The maximum atomic E-state index is 14.0. The van der Waals surface area contributed by atoms with Crippen molar-refractivity contribution in [3.05, 3.63) is 47.8 Å². The molecule has 0 bridgehead atoms. The van der Waals surface area contributed by atoms with Gasteiger partial charge in [0.2, 0.25) is 17.7 Å². The van der Waals surface area contributed by atoms with Crippen LogP contribution in [0.25, 0.3) is 0 Å². The molecular weight excluding hydrogens is 580 g/mol. The van der Waals surface area contributed by atoms with E-state index in [1.54, 1.807) is 26.2 Å². The Kier molecular flexibility index (Phi) is 9.00. The number of nitrogens with one attached hydrogen (secondary N) is 3. The molecule has 10 heteroatoms. The summed E-state index contributed by atoms with van der Waals surface area (Å²) in [6.45, 7) is 7.82. The van der Waals surface area contributed by atoms with Crippen LogP contribution in [0.1, 0.15) is 94.6 Å². The molecule has 6 rings (SSSR count). The smallest absolute Gasteiger partial charge is 0.270 e. The first-order chi connectivity index (χ1) is 22.0. The highest BCUT2D eigenvalue weighted by Gasteiger charge is 2.49. The molecular formula is C36H50N6O4. The fraction of sp³-hybridized carbons (Fsp3) is 0.639. The lowest BCUT2D eigenvalue weighted by molar-refractivity contribution is -0.132. The lowest BCUT2D eigenvalue weighted by atomic mass is 9.66. The molecule has 0 spiro atoms. The highest BCUT2D eigenvalue weighted by Crippen LogP contribution is 2.51. The molecule has 10 nitrogen and oxygen atoms in total. The summed E-state index contributed by atoms with van der Waals surface area (Å²) in [6.07, 6.45) is 10.9. The zero-order valence-electron chi connectivity index (χ0n) is 27.8. The SMILES string of the molecule is CC(=O)N1CCC(C(C)(C(=O)NCC2(C)CCC2)c2ccc(NC(=O)[C@@H](NC(=O)c3ccnn3C)C(C3CC3)C3CC3)cc2)CC1. The molecule has 3 saturated carbocycles. The van der Waals surface area contributed by atoms with E-state index in [0.717, 1.165) is 56.9 Å². The maximum absolute atomic E-state index is 14.0. The number of amides is 4. The van der Waals surface area contributed by atoms with E-state index in [2.05, 4.69) is 28.0 Å². The van der Waals surface area contributed by atoms with E-state index in [1.807, 2.05) is 36.1 Å². The predicted octanol–water partition coefficient (Wildman–Crippen LogP) is 4.42. The first-order valence-electron chi connectivity index (χ1n) is 17.2. The van der Waals surface area contributed by atoms with E-state index in [9.17, 15) is 19.2 Å². The van der Waals surface area contributed by atoms with Crippen molar-refractivity contribution in [3.63, 3.8) is 0 Å². The molecule has 0 radical (unpaired) electrons. The summed E-state index contributed by atoms with van der Waals surface area (Å²) in [5.74, 6) is 0.676. The van der Waals surface area contributed by atoms with Crippen molar-refractivity contribution in [2.24, 2.45) is 36.1 Å². The van der Waals surface area contributed by atoms with Crippen LogP contribution in [-0.2, 0) is 26.8 Å². The standard InChI is InChI=1S/C36H50N6O4/c1-23(43)42-20-15-27(16-21-42)36(3,34(46)37-22-35(2)17-5-18-35)26-10-12-28(13-11-26)39-33(45)31(30(24-6-7-24)25-8-9-25)40-32(44)29-14-19-38-41(29)4/h10-14,19,24-25,27,30-31H,5-9,15-18,20-22H2,1-4H3,(H,37,46)(H,39,45)(H,40,44)/t31-,36?/m0/s1. The van der Waals surface area contributed by atoms with Gasteiger partial charge in [-0.05, 0) is 111 Å². The molecule has 4 fully saturated rings. The summed E-state index contributed by atoms with van der Waals surface area (Å²) in [6, 6.07) is 8.69. The van der Waals surface area contributed by atoms with Crippen molar-refractivity contribution < 1.29 is 19.2 Å². The number of hydrogen-bond donors (Lipinski definition) is 3. The summed E-state index contributed by atoms with van der Waals surface area (Å²) < 4.78 is 1.52. The number of rotatable bonds is 12. The van der Waals surface area contributed by atoms with Gasteiger partial charge in [0, 0.05) is 45.5 Å². The third kappa shape index (κ3) is 6.72. The predicted molar refractivity (Wildman–Crippen MR) is 176 cm³/mol. The molecule has 3 N–H and O–H groups in total. The van der Waals surface area contributed by atoms with Gasteiger partial charge in [0.25, 0.3) is 5.91 Å². The Hall–Kier alpha value is -3.69. The van der Waals surface area contributed by atoms with Crippen LogP contribution in [-0.4, -0.2) is 64.0 Å². The number of aryl methyl sites for hydroxylation is 1. The molecule has 4 amide bonds. The van der Waals surface area contributed by atoms with Crippen LogP contribution < -0.4 is 16.0 Å². The summed E-state index contributed by atoms with van der Waals surface area (Å²) in [4.78, 5) is 55.1. The maximum Gasteiger partial charge on any atom is 0.270 e. The van der Waals surface area contributed by atoms with E-state index in [0.29, 0.717) is 42.9 Å². The molecule has 2 heterocycles. The molecule has 1 aromatic carbocycles. The van der Waals surface area contributed by atoms with Gasteiger partial charge in [0.05, 0.1) is 5.41 Å². The van der Waals surface area contributed by atoms with E-state index in [-0.39, 0.29) is 40.9 Å². The Morgan fingerprint density at radius 2 is 1.61 bits per heavy atom. The number of aromatic nitrogens is 2. The van der Waals surface area contributed by atoms with Gasteiger partial charge in [-0.3, -0.25) is 23.9 Å². The highest BCUT2D eigenvalue weighted by molar-refractivity contribution is 6.01. The summed E-state index contributed by atoms with van der Waals surface area (Å²) in [5, 5.41) is 13.6. The molecule has 4 aliphatic rings. The monoisotopic (exact) mass is 630 g/mol. The topological polar surface area (TPSA) is 125 Å². The fourth-order valence-corrected chi connectivity index (χ4v) is 7.92. The first kappa shape index (κ1) is 32.3. The van der Waals surface area contributed by atoms with Crippen LogP contribution >= 0.6 is 0 Å². The van der Waals surface area contributed by atoms with Crippen LogP contribution in [0.5, 0.6) is 0 Å². The van der Waals surface area contributed by atoms with Crippen molar-refractivity contribution in [1.82, 2.24) is 25.3 Å². The van der Waals surface area contributed by atoms with Crippen molar-refractivity contribution >= 4 is 29.3 Å². The van der Waals surface area contributed by atoms with E-state index in [1.165, 1.54) is 11.1 Å². The Labute approximate surface area is 272 Å². The van der Waals surface area contributed by atoms with Gasteiger partial charge in [-0.15, -0.1) is 0 Å². The zero-order chi connectivity index (χ0) is 32.6. The number of likely N-dealkylation sites (tertiary alicyclic amines) is 1. The van der Waals surface area contributed by atoms with E-state index >= 15 is 0 Å². The second-order valence-electron chi connectivity index (χ2n) is 14.9. The minimum Gasteiger partial charge on any atom is -0.355 e. The molecule has 1 saturated heterocycles.